The maximum Gasteiger partial charge on any atom is 0.253 e. The summed E-state index contributed by atoms with van der Waals surface area (Å²) in [6, 6.07) is 8.32. The molecule has 3 rings (SSSR count). The van der Waals surface area contributed by atoms with Gasteiger partial charge < -0.3 is 10.2 Å². The lowest BCUT2D eigenvalue weighted by Crippen LogP contribution is -2.49. The Balaban J connectivity index is 1.62. The van der Waals surface area contributed by atoms with Crippen LogP contribution in [0.4, 0.5) is 0 Å². The average Bonchev–Trinajstić information content (AvgIpc) is 2.62. The van der Waals surface area contributed by atoms with Crippen molar-refractivity contribution in [2.45, 2.75) is 63.8 Å². The van der Waals surface area contributed by atoms with E-state index in [-0.39, 0.29) is 17.9 Å². The van der Waals surface area contributed by atoms with Crippen molar-refractivity contribution in [2.75, 3.05) is 13.1 Å². The van der Waals surface area contributed by atoms with Gasteiger partial charge in [-0.05, 0) is 49.3 Å². The summed E-state index contributed by atoms with van der Waals surface area (Å²) in [5, 5.41) is 2.94. The molecule has 130 valence electrons. The van der Waals surface area contributed by atoms with E-state index < -0.39 is 0 Å². The van der Waals surface area contributed by atoms with E-state index in [1.165, 1.54) is 44.6 Å². The number of hydrogen-bond donors (Lipinski definition) is 1. The second-order valence-electron chi connectivity index (χ2n) is 7.25. The van der Waals surface area contributed by atoms with E-state index in [0.29, 0.717) is 12.5 Å². The Labute approximate surface area is 144 Å². The summed E-state index contributed by atoms with van der Waals surface area (Å²) in [5.41, 5.74) is 2.14. The van der Waals surface area contributed by atoms with Gasteiger partial charge in [0.25, 0.3) is 5.91 Å². The first-order chi connectivity index (χ1) is 11.6. The number of amides is 2. The molecule has 24 heavy (non-hydrogen) atoms. The molecule has 1 aliphatic heterocycles. The third-order valence-corrected chi connectivity index (χ3v) is 5.35. The van der Waals surface area contributed by atoms with Crippen molar-refractivity contribution >= 4 is 11.8 Å². The molecule has 0 spiro atoms. The Kier molecular flexibility index (Phi) is 5.54. The van der Waals surface area contributed by atoms with Crippen LogP contribution in [0.25, 0.3) is 0 Å². The molecule has 1 aromatic rings. The molecule has 1 unspecified atom stereocenters. The normalized spacial score (nSPS) is 22.2. The first-order valence-electron chi connectivity index (χ1n) is 9.30. The summed E-state index contributed by atoms with van der Waals surface area (Å²) < 4.78 is 0. The lowest BCUT2D eigenvalue weighted by molar-refractivity contribution is -0.120. The molecule has 1 atom stereocenters. The average molecular weight is 328 g/mol. The largest absolute Gasteiger partial charge is 0.352 e. The van der Waals surface area contributed by atoms with Gasteiger partial charge in [0.1, 0.15) is 0 Å². The monoisotopic (exact) mass is 328 g/mol. The van der Waals surface area contributed by atoms with Crippen LogP contribution < -0.4 is 5.32 Å². The van der Waals surface area contributed by atoms with E-state index in [4.69, 9.17) is 0 Å². The van der Waals surface area contributed by atoms with E-state index in [9.17, 15) is 9.59 Å². The first kappa shape index (κ1) is 17.0. The van der Waals surface area contributed by atoms with Gasteiger partial charge in [-0.15, -0.1) is 0 Å². The minimum absolute atomic E-state index is 0.0221. The van der Waals surface area contributed by atoms with Crippen molar-refractivity contribution in [1.82, 2.24) is 10.2 Å². The topological polar surface area (TPSA) is 49.4 Å². The molecular formula is C20H28N2O2. The lowest BCUT2D eigenvalue weighted by Gasteiger charge is -2.33. The van der Waals surface area contributed by atoms with E-state index in [1.807, 2.05) is 17.0 Å². The van der Waals surface area contributed by atoms with Crippen LogP contribution in [0.2, 0.25) is 0 Å². The third kappa shape index (κ3) is 4.16. The fourth-order valence-electron chi connectivity index (χ4n) is 4.08. The number of piperidine rings is 1. The Morgan fingerprint density at radius 1 is 1.00 bits per heavy atom. The number of benzene rings is 1. The van der Waals surface area contributed by atoms with Crippen molar-refractivity contribution < 1.29 is 9.59 Å². The molecule has 1 saturated heterocycles. The van der Waals surface area contributed by atoms with Crippen molar-refractivity contribution in [1.29, 1.82) is 0 Å². The van der Waals surface area contributed by atoms with Crippen molar-refractivity contribution in [2.24, 2.45) is 0 Å². The highest BCUT2D eigenvalue weighted by molar-refractivity contribution is 5.94. The van der Waals surface area contributed by atoms with Gasteiger partial charge in [0.05, 0.1) is 0 Å². The van der Waals surface area contributed by atoms with Crippen molar-refractivity contribution in [3.8, 4) is 0 Å². The highest BCUT2D eigenvalue weighted by Crippen LogP contribution is 2.32. The molecule has 0 bridgehead atoms. The van der Waals surface area contributed by atoms with Crippen LogP contribution in [0.1, 0.15) is 73.7 Å². The second-order valence-corrected chi connectivity index (χ2v) is 7.25. The second kappa shape index (κ2) is 7.82. The maximum atomic E-state index is 12.7. The quantitative estimate of drug-likeness (QED) is 0.923. The highest BCUT2D eigenvalue weighted by atomic mass is 16.2. The maximum absolute atomic E-state index is 12.7. The van der Waals surface area contributed by atoms with Crippen LogP contribution in [0.3, 0.4) is 0 Å². The first-order valence-corrected chi connectivity index (χ1v) is 9.30. The summed E-state index contributed by atoms with van der Waals surface area (Å²) in [7, 11) is 0. The van der Waals surface area contributed by atoms with E-state index in [1.54, 1.807) is 0 Å². The van der Waals surface area contributed by atoms with E-state index >= 15 is 0 Å². The van der Waals surface area contributed by atoms with Crippen LogP contribution in [0.5, 0.6) is 0 Å². The molecule has 2 fully saturated rings. The Hall–Kier alpha value is -1.84. The number of nitrogens with zero attached hydrogens (tertiary/aromatic N) is 1. The van der Waals surface area contributed by atoms with Gasteiger partial charge in [0.2, 0.25) is 5.91 Å². The SMILES string of the molecule is CC(=O)NC1CCCN(C(=O)c2ccc(C3CCCCC3)cc2)C1. The zero-order valence-corrected chi connectivity index (χ0v) is 14.6. The summed E-state index contributed by atoms with van der Waals surface area (Å²) in [5.74, 6) is 0.730. The van der Waals surface area contributed by atoms with Gasteiger partial charge >= 0.3 is 0 Å². The number of carbonyl (C=O) groups excluding carboxylic acids is 2. The molecule has 2 aliphatic rings. The number of likely N-dealkylation sites (tertiary alicyclic amines) is 1. The van der Waals surface area contributed by atoms with Crippen LogP contribution in [0.15, 0.2) is 24.3 Å². The fourth-order valence-corrected chi connectivity index (χ4v) is 4.08. The van der Waals surface area contributed by atoms with Crippen LogP contribution >= 0.6 is 0 Å². The molecule has 1 N–H and O–H groups in total. The van der Waals surface area contributed by atoms with Gasteiger partial charge in [-0.25, -0.2) is 0 Å². The Morgan fingerprint density at radius 3 is 2.38 bits per heavy atom. The molecule has 1 saturated carbocycles. The van der Waals surface area contributed by atoms with Crippen LogP contribution in [-0.4, -0.2) is 35.8 Å². The smallest absolute Gasteiger partial charge is 0.253 e. The van der Waals surface area contributed by atoms with Gasteiger partial charge in [-0.2, -0.15) is 0 Å². The molecule has 1 aliphatic carbocycles. The molecule has 2 amide bonds. The number of rotatable bonds is 3. The van der Waals surface area contributed by atoms with Gasteiger partial charge in [0, 0.05) is 31.6 Å². The van der Waals surface area contributed by atoms with Crippen LogP contribution in [-0.2, 0) is 4.79 Å². The van der Waals surface area contributed by atoms with Crippen molar-refractivity contribution in [3.05, 3.63) is 35.4 Å². The minimum atomic E-state index is -0.0221. The summed E-state index contributed by atoms with van der Waals surface area (Å²) in [6.45, 7) is 2.92. The zero-order chi connectivity index (χ0) is 16.9. The highest BCUT2D eigenvalue weighted by Gasteiger charge is 2.25. The number of hydrogen-bond acceptors (Lipinski definition) is 2. The summed E-state index contributed by atoms with van der Waals surface area (Å²) in [6.07, 6.45) is 8.45. The predicted octanol–water partition coefficient (Wildman–Crippen LogP) is 3.48. The van der Waals surface area contributed by atoms with E-state index in [2.05, 4.69) is 17.4 Å². The summed E-state index contributed by atoms with van der Waals surface area (Å²) >= 11 is 0. The standard InChI is InChI=1S/C20H28N2O2/c1-15(23)21-19-8-5-13-22(14-19)20(24)18-11-9-17(10-12-18)16-6-3-2-4-7-16/h9-12,16,19H,2-8,13-14H2,1H3,(H,21,23). The van der Waals surface area contributed by atoms with Gasteiger partial charge in [-0.3, -0.25) is 9.59 Å². The fraction of sp³-hybridized carbons (Fsp3) is 0.600. The molecule has 0 aromatic heterocycles. The molecule has 1 aromatic carbocycles. The molecule has 1 heterocycles. The van der Waals surface area contributed by atoms with E-state index in [0.717, 1.165) is 24.9 Å². The molecular weight excluding hydrogens is 300 g/mol. The van der Waals surface area contributed by atoms with Gasteiger partial charge in [0.15, 0.2) is 0 Å². The zero-order valence-electron chi connectivity index (χ0n) is 14.6. The van der Waals surface area contributed by atoms with Crippen molar-refractivity contribution in [3.63, 3.8) is 0 Å². The van der Waals surface area contributed by atoms with Crippen LogP contribution in [0, 0.1) is 0 Å². The molecule has 4 heteroatoms. The van der Waals surface area contributed by atoms with Gasteiger partial charge in [-0.1, -0.05) is 31.4 Å². The Morgan fingerprint density at radius 2 is 1.71 bits per heavy atom. The molecule has 0 radical (unpaired) electrons. The number of carbonyl (C=O) groups is 2. The number of nitrogens with one attached hydrogen (secondary N) is 1. The summed E-state index contributed by atoms with van der Waals surface area (Å²) in [4.78, 5) is 25.8. The Bertz CT molecular complexity index is 576. The minimum Gasteiger partial charge on any atom is -0.352 e. The lowest BCUT2D eigenvalue weighted by atomic mass is 9.84. The molecule has 4 nitrogen and oxygen atoms in total. The third-order valence-electron chi connectivity index (χ3n) is 5.35. The predicted molar refractivity (Wildman–Crippen MR) is 95.0 cm³/mol.